The SMILES string of the molecule is COC(=O)c1ccc(OCCN(C(=O)CCC=O)c2ccc(NC(=O)Nc3ccccc3Br)c(OC)c2)cc1. The van der Waals surface area contributed by atoms with E-state index in [0.717, 1.165) is 4.47 Å². The van der Waals surface area contributed by atoms with Crippen molar-refractivity contribution in [2.75, 3.05) is 42.9 Å². The Labute approximate surface area is 234 Å². The number of hydrogen-bond acceptors (Lipinski definition) is 7. The first-order chi connectivity index (χ1) is 18.9. The van der Waals surface area contributed by atoms with Crippen LogP contribution in [0.3, 0.4) is 0 Å². The Morgan fingerprint density at radius 2 is 1.67 bits per heavy atom. The van der Waals surface area contributed by atoms with Crippen molar-refractivity contribution in [1.29, 1.82) is 0 Å². The highest BCUT2D eigenvalue weighted by Gasteiger charge is 2.18. The smallest absolute Gasteiger partial charge is 0.337 e. The van der Waals surface area contributed by atoms with E-state index in [9.17, 15) is 19.2 Å². The standard InChI is InChI=1S/C28H28BrN3O7/c1-37-25-18-20(11-14-24(25)31-28(36)30-23-7-4-3-6-22(23)29)32(26(34)8-5-16-33)15-17-39-21-12-9-19(10-13-21)27(35)38-2/h3-4,6-7,9-14,16,18H,5,8,15,17H2,1-2H3,(H2,30,31,36). The van der Waals surface area contributed by atoms with E-state index < -0.39 is 12.0 Å². The first kappa shape index (κ1) is 29.2. The molecular weight excluding hydrogens is 570 g/mol. The van der Waals surface area contributed by atoms with Crippen LogP contribution in [0.5, 0.6) is 11.5 Å². The average Bonchev–Trinajstić information content (AvgIpc) is 2.95. The van der Waals surface area contributed by atoms with Crippen LogP contribution in [-0.2, 0) is 14.3 Å². The molecule has 0 aromatic heterocycles. The number of nitrogens with one attached hydrogen (secondary N) is 2. The third-order valence-electron chi connectivity index (χ3n) is 5.50. The van der Waals surface area contributed by atoms with Gasteiger partial charge in [-0.1, -0.05) is 12.1 Å². The number of carbonyl (C=O) groups excluding carboxylic acids is 4. The molecule has 11 heteroatoms. The van der Waals surface area contributed by atoms with Crippen LogP contribution in [0.4, 0.5) is 21.9 Å². The van der Waals surface area contributed by atoms with Crippen LogP contribution in [0, 0.1) is 0 Å². The molecule has 39 heavy (non-hydrogen) atoms. The molecule has 0 bridgehead atoms. The number of aldehydes is 1. The number of hydrogen-bond donors (Lipinski definition) is 2. The van der Waals surface area contributed by atoms with Crippen LogP contribution in [0.1, 0.15) is 23.2 Å². The van der Waals surface area contributed by atoms with Gasteiger partial charge < -0.3 is 34.5 Å². The fraction of sp³-hybridized carbons (Fsp3) is 0.214. The second-order valence-electron chi connectivity index (χ2n) is 8.06. The number of methoxy groups -OCH3 is 2. The Balaban J connectivity index is 1.72. The van der Waals surface area contributed by atoms with Gasteiger partial charge in [0.05, 0.1) is 37.7 Å². The zero-order valence-corrected chi connectivity index (χ0v) is 23.0. The van der Waals surface area contributed by atoms with E-state index in [1.165, 1.54) is 19.1 Å². The maximum atomic E-state index is 12.9. The topological polar surface area (TPSA) is 123 Å². The number of rotatable bonds is 12. The summed E-state index contributed by atoms with van der Waals surface area (Å²) >= 11 is 3.39. The molecule has 0 heterocycles. The second-order valence-corrected chi connectivity index (χ2v) is 8.91. The molecule has 0 radical (unpaired) electrons. The predicted octanol–water partition coefficient (Wildman–Crippen LogP) is 5.28. The highest BCUT2D eigenvalue weighted by Crippen LogP contribution is 2.31. The fourth-order valence-corrected chi connectivity index (χ4v) is 3.95. The molecule has 3 amide bonds. The third kappa shape index (κ3) is 8.30. The summed E-state index contributed by atoms with van der Waals surface area (Å²) in [5, 5.41) is 5.50. The van der Waals surface area contributed by atoms with Gasteiger partial charge in [0.2, 0.25) is 5.91 Å². The minimum Gasteiger partial charge on any atom is -0.494 e. The van der Waals surface area contributed by atoms with Crippen LogP contribution in [-0.4, -0.2) is 51.6 Å². The summed E-state index contributed by atoms with van der Waals surface area (Å²) in [6.07, 6.45) is 0.790. The summed E-state index contributed by atoms with van der Waals surface area (Å²) in [5.41, 5.74) is 1.89. The van der Waals surface area contributed by atoms with Gasteiger partial charge in [-0.2, -0.15) is 0 Å². The Morgan fingerprint density at radius 1 is 0.949 bits per heavy atom. The molecule has 0 unspecified atom stereocenters. The Bertz CT molecular complexity index is 1310. The minimum atomic E-state index is -0.474. The van der Waals surface area contributed by atoms with Crippen molar-refractivity contribution in [1.82, 2.24) is 0 Å². The van der Waals surface area contributed by atoms with E-state index in [4.69, 9.17) is 9.47 Å². The molecule has 0 atom stereocenters. The average molecular weight is 598 g/mol. The zero-order valence-electron chi connectivity index (χ0n) is 21.4. The van der Waals surface area contributed by atoms with Crippen LogP contribution in [0.2, 0.25) is 0 Å². The van der Waals surface area contributed by atoms with E-state index in [-0.39, 0.29) is 31.9 Å². The molecule has 0 aliphatic heterocycles. The van der Waals surface area contributed by atoms with Gasteiger partial charge in [0.1, 0.15) is 24.4 Å². The normalized spacial score (nSPS) is 10.2. The van der Waals surface area contributed by atoms with Crippen molar-refractivity contribution in [2.45, 2.75) is 12.8 Å². The number of ether oxygens (including phenoxy) is 3. The number of urea groups is 1. The first-order valence-corrected chi connectivity index (χ1v) is 12.7. The summed E-state index contributed by atoms with van der Waals surface area (Å²) in [7, 11) is 2.76. The number of carbonyl (C=O) groups is 4. The molecule has 3 rings (SSSR count). The summed E-state index contributed by atoms with van der Waals surface area (Å²) in [6, 6.07) is 18.1. The lowest BCUT2D eigenvalue weighted by Gasteiger charge is -2.24. The summed E-state index contributed by atoms with van der Waals surface area (Å²) in [4.78, 5) is 49.5. The van der Waals surface area contributed by atoms with Crippen LogP contribution in [0.15, 0.2) is 71.2 Å². The molecule has 0 saturated carbocycles. The zero-order chi connectivity index (χ0) is 28.2. The highest BCUT2D eigenvalue weighted by atomic mass is 79.9. The van der Waals surface area contributed by atoms with Crippen LogP contribution >= 0.6 is 15.9 Å². The first-order valence-electron chi connectivity index (χ1n) is 11.9. The number of para-hydroxylation sites is 1. The second kappa shape index (κ2) is 14.5. The monoisotopic (exact) mass is 597 g/mol. The minimum absolute atomic E-state index is 0.0218. The third-order valence-corrected chi connectivity index (χ3v) is 6.19. The molecule has 10 nitrogen and oxygen atoms in total. The van der Waals surface area contributed by atoms with Gasteiger partial charge in [0.25, 0.3) is 0 Å². The number of benzene rings is 3. The molecule has 0 aliphatic rings. The quantitative estimate of drug-likeness (QED) is 0.215. The summed E-state index contributed by atoms with van der Waals surface area (Å²) in [5.74, 6) is 0.116. The molecule has 0 fully saturated rings. The lowest BCUT2D eigenvalue weighted by Crippen LogP contribution is -2.34. The van der Waals surface area contributed by atoms with Gasteiger partial charge in [0.15, 0.2) is 0 Å². The maximum Gasteiger partial charge on any atom is 0.337 e. The molecular formula is C28H28BrN3O7. The predicted molar refractivity (Wildman–Crippen MR) is 151 cm³/mol. The van der Waals surface area contributed by atoms with Gasteiger partial charge in [-0.15, -0.1) is 0 Å². The Morgan fingerprint density at radius 3 is 2.33 bits per heavy atom. The molecule has 0 spiro atoms. The maximum absolute atomic E-state index is 12.9. The highest BCUT2D eigenvalue weighted by molar-refractivity contribution is 9.10. The lowest BCUT2D eigenvalue weighted by atomic mass is 10.2. The molecule has 204 valence electrons. The molecule has 0 aliphatic carbocycles. The number of anilines is 3. The van der Waals surface area contributed by atoms with Crippen molar-refractivity contribution >= 4 is 57.2 Å². The van der Waals surface area contributed by atoms with Crippen molar-refractivity contribution in [3.05, 3.63) is 76.8 Å². The van der Waals surface area contributed by atoms with E-state index >= 15 is 0 Å². The molecule has 0 saturated heterocycles. The van der Waals surface area contributed by atoms with E-state index in [2.05, 4.69) is 31.3 Å². The van der Waals surface area contributed by atoms with Crippen molar-refractivity contribution < 1.29 is 33.4 Å². The molecule has 3 aromatic rings. The Kier molecular flexibility index (Phi) is 10.9. The van der Waals surface area contributed by atoms with Crippen molar-refractivity contribution in [2.24, 2.45) is 0 Å². The molecule has 3 aromatic carbocycles. The van der Waals surface area contributed by atoms with Gasteiger partial charge >= 0.3 is 12.0 Å². The Hall–Kier alpha value is -4.38. The van der Waals surface area contributed by atoms with Gasteiger partial charge in [-0.3, -0.25) is 4.79 Å². The fourth-order valence-electron chi connectivity index (χ4n) is 3.56. The van der Waals surface area contributed by atoms with Gasteiger partial charge in [-0.25, -0.2) is 9.59 Å². The summed E-state index contributed by atoms with van der Waals surface area (Å²) < 4.78 is 16.7. The van der Waals surface area contributed by atoms with Crippen molar-refractivity contribution in [3.63, 3.8) is 0 Å². The van der Waals surface area contributed by atoms with Crippen LogP contribution in [0.25, 0.3) is 0 Å². The van der Waals surface area contributed by atoms with Gasteiger partial charge in [-0.05, 0) is 64.5 Å². The summed E-state index contributed by atoms with van der Waals surface area (Å²) in [6.45, 7) is 0.315. The number of nitrogens with zero attached hydrogens (tertiary/aromatic N) is 1. The van der Waals surface area contributed by atoms with E-state index in [1.54, 1.807) is 54.6 Å². The van der Waals surface area contributed by atoms with E-state index in [0.29, 0.717) is 40.4 Å². The molecule has 2 N–H and O–H groups in total. The number of amides is 3. The number of esters is 1. The van der Waals surface area contributed by atoms with E-state index in [1.807, 2.05) is 12.1 Å². The van der Waals surface area contributed by atoms with Crippen LogP contribution < -0.4 is 25.0 Å². The number of halogens is 1. The van der Waals surface area contributed by atoms with Gasteiger partial charge in [0, 0.05) is 29.1 Å². The largest absolute Gasteiger partial charge is 0.494 e. The van der Waals surface area contributed by atoms with Crippen molar-refractivity contribution in [3.8, 4) is 11.5 Å². The lowest BCUT2D eigenvalue weighted by molar-refractivity contribution is -0.120.